The number of ether oxygens (including phenoxy) is 2. The first-order valence-electron chi connectivity index (χ1n) is 6.83. The summed E-state index contributed by atoms with van der Waals surface area (Å²) in [6.07, 6.45) is 0. The van der Waals surface area contributed by atoms with E-state index >= 15 is 0 Å². The van der Waals surface area contributed by atoms with Crippen LogP contribution in [0, 0.1) is 0 Å². The molecule has 0 aliphatic rings. The fourth-order valence-electron chi connectivity index (χ4n) is 2.13. The Morgan fingerprint density at radius 2 is 1.67 bits per heavy atom. The SMILES string of the molecule is COc1ccc(CN[C@@H](C)c2ccc(Br)cc2)cc1OC. The van der Waals surface area contributed by atoms with Crippen molar-refractivity contribution in [3.8, 4) is 11.5 Å². The van der Waals surface area contributed by atoms with Crippen LogP contribution in [0.2, 0.25) is 0 Å². The zero-order valence-corrected chi connectivity index (χ0v) is 14.1. The van der Waals surface area contributed by atoms with Crippen LogP contribution in [0.4, 0.5) is 0 Å². The molecule has 0 heterocycles. The van der Waals surface area contributed by atoms with Crippen LogP contribution in [-0.4, -0.2) is 14.2 Å². The van der Waals surface area contributed by atoms with Gasteiger partial charge in [0.1, 0.15) is 0 Å². The fourth-order valence-corrected chi connectivity index (χ4v) is 2.40. The van der Waals surface area contributed by atoms with Gasteiger partial charge in [0, 0.05) is 17.1 Å². The van der Waals surface area contributed by atoms with Crippen LogP contribution in [-0.2, 0) is 6.54 Å². The van der Waals surface area contributed by atoms with E-state index in [0.29, 0.717) is 0 Å². The number of nitrogens with one attached hydrogen (secondary N) is 1. The van der Waals surface area contributed by atoms with Gasteiger partial charge in [-0.15, -0.1) is 0 Å². The lowest BCUT2D eigenvalue weighted by Crippen LogP contribution is -2.18. The van der Waals surface area contributed by atoms with E-state index in [0.717, 1.165) is 28.1 Å². The number of hydrogen-bond donors (Lipinski definition) is 1. The summed E-state index contributed by atoms with van der Waals surface area (Å²) in [5, 5.41) is 3.51. The van der Waals surface area contributed by atoms with Crippen molar-refractivity contribution in [2.45, 2.75) is 19.5 Å². The maximum Gasteiger partial charge on any atom is 0.161 e. The lowest BCUT2D eigenvalue weighted by Gasteiger charge is -2.15. The molecule has 3 nitrogen and oxygen atoms in total. The van der Waals surface area contributed by atoms with Gasteiger partial charge in [-0.2, -0.15) is 0 Å². The van der Waals surface area contributed by atoms with E-state index in [9.17, 15) is 0 Å². The largest absolute Gasteiger partial charge is 0.493 e. The molecular weight excluding hydrogens is 330 g/mol. The Hall–Kier alpha value is -1.52. The third-order valence-electron chi connectivity index (χ3n) is 3.43. The van der Waals surface area contributed by atoms with Crippen molar-refractivity contribution >= 4 is 15.9 Å². The summed E-state index contributed by atoms with van der Waals surface area (Å²) in [5.41, 5.74) is 2.43. The molecule has 0 saturated heterocycles. The molecule has 112 valence electrons. The highest BCUT2D eigenvalue weighted by molar-refractivity contribution is 9.10. The van der Waals surface area contributed by atoms with Crippen LogP contribution in [0.1, 0.15) is 24.1 Å². The minimum absolute atomic E-state index is 0.284. The van der Waals surface area contributed by atoms with E-state index in [1.54, 1.807) is 14.2 Å². The van der Waals surface area contributed by atoms with Gasteiger partial charge < -0.3 is 14.8 Å². The van der Waals surface area contributed by atoms with Gasteiger partial charge in [0.2, 0.25) is 0 Å². The van der Waals surface area contributed by atoms with Crippen molar-refractivity contribution in [1.82, 2.24) is 5.32 Å². The van der Waals surface area contributed by atoms with Crippen molar-refractivity contribution in [3.63, 3.8) is 0 Å². The van der Waals surface area contributed by atoms with E-state index in [1.807, 2.05) is 18.2 Å². The number of benzene rings is 2. The van der Waals surface area contributed by atoms with Gasteiger partial charge in [-0.05, 0) is 42.3 Å². The average Bonchev–Trinajstić information content (AvgIpc) is 2.52. The van der Waals surface area contributed by atoms with Crippen LogP contribution >= 0.6 is 15.9 Å². The highest BCUT2D eigenvalue weighted by Crippen LogP contribution is 2.27. The number of hydrogen-bond acceptors (Lipinski definition) is 3. The Balaban J connectivity index is 2.00. The summed E-state index contributed by atoms with van der Waals surface area (Å²) in [6, 6.07) is 14.6. The van der Waals surface area contributed by atoms with Crippen LogP contribution in [0.15, 0.2) is 46.9 Å². The van der Waals surface area contributed by atoms with Gasteiger partial charge in [-0.3, -0.25) is 0 Å². The van der Waals surface area contributed by atoms with E-state index < -0.39 is 0 Å². The second-order valence-electron chi connectivity index (χ2n) is 4.84. The molecule has 21 heavy (non-hydrogen) atoms. The topological polar surface area (TPSA) is 30.5 Å². The number of halogens is 1. The van der Waals surface area contributed by atoms with E-state index in [-0.39, 0.29) is 6.04 Å². The van der Waals surface area contributed by atoms with Gasteiger partial charge in [-0.1, -0.05) is 34.1 Å². The predicted octanol–water partition coefficient (Wildman–Crippen LogP) is 4.32. The van der Waals surface area contributed by atoms with Crippen molar-refractivity contribution < 1.29 is 9.47 Å². The summed E-state index contributed by atoms with van der Waals surface area (Å²) >= 11 is 3.45. The molecule has 0 aliphatic carbocycles. The summed E-state index contributed by atoms with van der Waals surface area (Å²) < 4.78 is 11.7. The molecule has 0 spiro atoms. The quantitative estimate of drug-likeness (QED) is 0.842. The molecule has 0 fully saturated rings. The molecule has 0 unspecified atom stereocenters. The number of methoxy groups -OCH3 is 2. The van der Waals surface area contributed by atoms with Gasteiger partial charge in [-0.25, -0.2) is 0 Å². The van der Waals surface area contributed by atoms with Crippen molar-refractivity contribution in [2.24, 2.45) is 0 Å². The highest BCUT2D eigenvalue weighted by atomic mass is 79.9. The molecule has 0 aromatic heterocycles. The van der Waals surface area contributed by atoms with Crippen LogP contribution in [0.25, 0.3) is 0 Å². The molecule has 1 N–H and O–H groups in total. The van der Waals surface area contributed by atoms with E-state index in [1.165, 1.54) is 5.56 Å². The molecule has 0 bridgehead atoms. The zero-order valence-electron chi connectivity index (χ0n) is 12.5. The second kappa shape index (κ2) is 7.48. The Morgan fingerprint density at radius 3 is 2.29 bits per heavy atom. The molecule has 1 atom stereocenters. The fraction of sp³-hybridized carbons (Fsp3) is 0.294. The zero-order chi connectivity index (χ0) is 15.2. The molecule has 2 aromatic carbocycles. The minimum Gasteiger partial charge on any atom is -0.493 e. The maximum atomic E-state index is 5.32. The summed E-state index contributed by atoms with van der Waals surface area (Å²) in [5.74, 6) is 1.51. The van der Waals surface area contributed by atoms with Crippen LogP contribution in [0.3, 0.4) is 0 Å². The Labute approximate surface area is 134 Å². The van der Waals surface area contributed by atoms with Crippen LogP contribution in [0.5, 0.6) is 11.5 Å². The first-order chi connectivity index (χ1) is 10.1. The first-order valence-corrected chi connectivity index (χ1v) is 7.63. The standard InChI is InChI=1S/C17H20BrNO2/c1-12(14-5-7-15(18)8-6-14)19-11-13-4-9-16(20-2)17(10-13)21-3/h4-10,12,19H,11H2,1-3H3/t12-/m0/s1. The molecule has 0 radical (unpaired) electrons. The average molecular weight is 350 g/mol. The Kier molecular flexibility index (Phi) is 5.65. The lowest BCUT2D eigenvalue weighted by atomic mass is 10.1. The Bertz CT molecular complexity index is 584. The Morgan fingerprint density at radius 1 is 1.00 bits per heavy atom. The summed E-state index contributed by atoms with van der Waals surface area (Å²) in [6.45, 7) is 2.93. The van der Waals surface area contributed by atoms with Gasteiger partial charge in [0.25, 0.3) is 0 Å². The van der Waals surface area contributed by atoms with Gasteiger partial charge >= 0.3 is 0 Å². The summed E-state index contributed by atoms with van der Waals surface area (Å²) in [7, 11) is 3.30. The molecule has 4 heteroatoms. The van der Waals surface area contributed by atoms with Crippen molar-refractivity contribution in [3.05, 3.63) is 58.1 Å². The highest BCUT2D eigenvalue weighted by Gasteiger charge is 2.07. The molecule has 0 amide bonds. The maximum absolute atomic E-state index is 5.32. The molecule has 0 aliphatic heterocycles. The number of rotatable bonds is 6. The third kappa shape index (κ3) is 4.22. The van der Waals surface area contributed by atoms with Crippen molar-refractivity contribution in [1.29, 1.82) is 0 Å². The molecular formula is C17H20BrNO2. The molecule has 0 saturated carbocycles. The lowest BCUT2D eigenvalue weighted by molar-refractivity contribution is 0.354. The minimum atomic E-state index is 0.284. The van der Waals surface area contributed by atoms with E-state index in [4.69, 9.17) is 9.47 Å². The van der Waals surface area contributed by atoms with Crippen LogP contribution < -0.4 is 14.8 Å². The van der Waals surface area contributed by atoms with Gasteiger partial charge in [0.15, 0.2) is 11.5 Å². The second-order valence-corrected chi connectivity index (χ2v) is 5.76. The normalized spacial score (nSPS) is 12.0. The molecule has 2 rings (SSSR count). The smallest absolute Gasteiger partial charge is 0.161 e. The predicted molar refractivity (Wildman–Crippen MR) is 88.9 cm³/mol. The molecule has 2 aromatic rings. The van der Waals surface area contributed by atoms with Crippen molar-refractivity contribution in [2.75, 3.05) is 14.2 Å². The van der Waals surface area contributed by atoms with Gasteiger partial charge in [0.05, 0.1) is 14.2 Å². The van der Waals surface area contributed by atoms with E-state index in [2.05, 4.69) is 52.4 Å². The monoisotopic (exact) mass is 349 g/mol. The third-order valence-corrected chi connectivity index (χ3v) is 3.96. The first kappa shape index (κ1) is 15.9. The summed E-state index contributed by atoms with van der Waals surface area (Å²) in [4.78, 5) is 0.